The van der Waals surface area contributed by atoms with Crippen molar-refractivity contribution >= 4 is 27.5 Å². The Hall–Kier alpha value is -0.830. The van der Waals surface area contributed by atoms with Crippen molar-refractivity contribution in [2.45, 2.75) is 12.3 Å². The van der Waals surface area contributed by atoms with Gasteiger partial charge in [-0.1, -0.05) is 57.9 Å². The molecule has 0 aromatic heterocycles. The first kappa shape index (κ1) is 14.6. The van der Waals surface area contributed by atoms with Crippen molar-refractivity contribution in [3.63, 3.8) is 0 Å². The van der Waals surface area contributed by atoms with Gasteiger partial charge in [-0.15, -0.1) is 0 Å². The van der Waals surface area contributed by atoms with Gasteiger partial charge in [0, 0.05) is 22.0 Å². The molecule has 100 valence electrons. The number of nitrogens with one attached hydrogen (secondary N) is 1. The molecule has 2 aromatic rings. The van der Waals surface area contributed by atoms with Crippen molar-refractivity contribution in [1.29, 1.82) is 0 Å². The molecule has 1 N–H and O–H groups in total. The average Bonchev–Trinajstić information content (AvgIpc) is 2.41. The minimum Gasteiger partial charge on any atom is -0.319 e. The summed E-state index contributed by atoms with van der Waals surface area (Å²) in [6.45, 7) is 0.950. The summed E-state index contributed by atoms with van der Waals surface area (Å²) in [4.78, 5) is 0. The summed E-state index contributed by atoms with van der Waals surface area (Å²) in [5.41, 5.74) is 2.65. The lowest BCUT2D eigenvalue weighted by atomic mass is 9.92. The SMILES string of the molecule is CNCC(Cc1ccc(Cl)cc1)c1ccccc1Br. The summed E-state index contributed by atoms with van der Waals surface area (Å²) in [5.74, 6) is 0.446. The van der Waals surface area contributed by atoms with Crippen LogP contribution < -0.4 is 5.32 Å². The normalized spacial score (nSPS) is 12.4. The topological polar surface area (TPSA) is 12.0 Å². The standard InChI is InChI=1S/C16H17BrClN/c1-19-11-13(15-4-2-3-5-16(15)17)10-12-6-8-14(18)9-7-12/h2-9,13,19H,10-11H2,1H3. The smallest absolute Gasteiger partial charge is 0.0406 e. The maximum Gasteiger partial charge on any atom is 0.0406 e. The number of halogens is 2. The van der Waals surface area contributed by atoms with Gasteiger partial charge in [0.05, 0.1) is 0 Å². The van der Waals surface area contributed by atoms with Gasteiger partial charge in [0.25, 0.3) is 0 Å². The lowest BCUT2D eigenvalue weighted by Crippen LogP contribution is -2.19. The second-order valence-electron chi connectivity index (χ2n) is 4.61. The van der Waals surface area contributed by atoms with E-state index in [2.05, 4.69) is 51.6 Å². The molecule has 0 bridgehead atoms. The fraction of sp³-hybridized carbons (Fsp3) is 0.250. The lowest BCUT2D eigenvalue weighted by molar-refractivity contribution is 0.623. The highest BCUT2D eigenvalue weighted by atomic mass is 79.9. The van der Waals surface area contributed by atoms with E-state index < -0.39 is 0 Å². The van der Waals surface area contributed by atoms with Crippen LogP contribution in [0.3, 0.4) is 0 Å². The van der Waals surface area contributed by atoms with Gasteiger partial charge in [0.2, 0.25) is 0 Å². The van der Waals surface area contributed by atoms with E-state index in [1.807, 2.05) is 25.2 Å². The van der Waals surface area contributed by atoms with Gasteiger partial charge in [-0.3, -0.25) is 0 Å². The Morgan fingerprint density at radius 1 is 1.11 bits per heavy atom. The zero-order valence-corrected chi connectivity index (χ0v) is 13.2. The molecule has 1 unspecified atom stereocenters. The van der Waals surface area contributed by atoms with Crippen LogP contribution in [0, 0.1) is 0 Å². The molecule has 2 rings (SSSR count). The number of hydrogen-bond acceptors (Lipinski definition) is 1. The molecule has 0 heterocycles. The van der Waals surface area contributed by atoms with E-state index in [1.165, 1.54) is 15.6 Å². The van der Waals surface area contributed by atoms with Crippen LogP contribution in [0.1, 0.15) is 17.0 Å². The molecule has 3 heteroatoms. The van der Waals surface area contributed by atoms with Crippen molar-refractivity contribution in [2.75, 3.05) is 13.6 Å². The summed E-state index contributed by atoms with van der Waals surface area (Å²) in [6, 6.07) is 16.5. The highest BCUT2D eigenvalue weighted by molar-refractivity contribution is 9.10. The minimum absolute atomic E-state index is 0.446. The fourth-order valence-corrected chi connectivity index (χ4v) is 2.98. The Labute approximate surface area is 128 Å². The van der Waals surface area contributed by atoms with Crippen LogP contribution in [0.15, 0.2) is 53.0 Å². The summed E-state index contributed by atoms with van der Waals surface area (Å²) >= 11 is 9.57. The minimum atomic E-state index is 0.446. The number of benzene rings is 2. The molecule has 2 aromatic carbocycles. The molecule has 19 heavy (non-hydrogen) atoms. The second-order valence-corrected chi connectivity index (χ2v) is 5.90. The summed E-state index contributed by atoms with van der Waals surface area (Å²) in [5, 5.41) is 4.07. The van der Waals surface area contributed by atoms with E-state index in [-0.39, 0.29) is 0 Å². The third kappa shape index (κ3) is 4.07. The predicted octanol–water partition coefficient (Wildman–Crippen LogP) is 4.65. The molecule has 0 aliphatic rings. The Morgan fingerprint density at radius 3 is 2.42 bits per heavy atom. The van der Waals surface area contributed by atoms with E-state index >= 15 is 0 Å². The first-order chi connectivity index (χ1) is 9.20. The Balaban J connectivity index is 2.21. The van der Waals surface area contributed by atoms with Crippen LogP contribution in [0.2, 0.25) is 5.02 Å². The summed E-state index contributed by atoms with van der Waals surface area (Å²) in [6.07, 6.45) is 1.00. The summed E-state index contributed by atoms with van der Waals surface area (Å²) in [7, 11) is 1.99. The van der Waals surface area contributed by atoms with E-state index in [1.54, 1.807) is 0 Å². The Bertz CT molecular complexity index is 525. The molecule has 0 aliphatic carbocycles. The average molecular weight is 339 g/mol. The molecule has 0 spiro atoms. The number of rotatable bonds is 5. The fourth-order valence-electron chi connectivity index (χ4n) is 2.25. The number of hydrogen-bond donors (Lipinski definition) is 1. The van der Waals surface area contributed by atoms with Crippen molar-refractivity contribution in [3.05, 3.63) is 69.2 Å². The van der Waals surface area contributed by atoms with Crippen LogP contribution >= 0.6 is 27.5 Å². The molecule has 0 amide bonds. The largest absolute Gasteiger partial charge is 0.319 e. The van der Waals surface area contributed by atoms with Crippen LogP contribution in [-0.4, -0.2) is 13.6 Å². The third-order valence-corrected chi connectivity index (χ3v) is 4.17. The van der Waals surface area contributed by atoms with E-state index in [0.717, 1.165) is 18.0 Å². The monoisotopic (exact) mass is 337 g/mol. The molecule has 0 radical (unpaired) electrons. The van der Waals surface area contributed by atoms with E-state index in [9.17, 15) is 0 Å². The third-order valence-electron chi connectivity index (χ3n) is 3.19. The maximum absolute atomic E-state index is 5.93. The van der Waals surface area contributed by atoms with Crippen molar-refractivity contribution in [2.24, 2.45) is 0 Å². The molecule has 0 saturated heterocycles. The van der Waals surface area contributed by atoms with Crippen LogP contribution in [0.5, 0.6) is 0 Å². The Kier molecular flexibility index (Phi) is 5.44. The van der Waals surface area contributed by atoms with Crippen molar-refractivity contribution in [3.8, 4) is 0 Å². The van der Waals surface area contributed by atoms with Crippen molar-refractivity contribution in [1.82, 2.24) is 5.32 Å². The van der Waals surface area contributed by atoms with E-state index in [4.69, 9.17) is 11.6 Å². The highest BCUT2D eigenvalue weighted by Gasteiger charge is 2.14. The first-order valence-corrected chi connectivity index (χ1v) is 7.51. The number of likely N-dealkylation sites (N-methyl/N-ethyl adjacent to an activating group) is 1. The molecular formula is C16H17BrClN. The van der Waals surface area contributed by atoms with Crippen LogP contribution in [-0.2, 0) is 6.42 Å². The quantitative estimate of drug-likeness (QED) is 0.837. The van der Waals surface area contributed by atoms with Gasteiger partial charge in [0.1, 0.15) is 0 Å². The molecule has 1 nitrogen and oxygen atoms in total. The lowest BCUT2D eigenvalue weighted by Gasteiger charge is -2.18. The highest BCUT2D eigenvalue weighted by Crippen LogP contribution is 2.27. The molecule has 1 atom stereocenters. The zero-order chi connectivity index (χ0) is 13.7. The van der Waals surface area contributed by atoms with E-state index in [0.29, 0.717) is 5.92 Å². The van der Waals surface area contributed by atoms with Crippen molar-refractivity contribution < 1.29 is 0 Å². The van der Waals surface area contributed by atoms with Gasteiger partial charge in [-0.05, 0) is 42.8 Å². The van der Waals surface area contributed by atoms with Gasteiger partial charge >= 0.3 is 0 Å². The Morgan fingerprint density at radius 2 is 1.79 bits per heavy atom. The van der Waals surface area contributed by atoms with Gasteiger partial charge in [-0.25, -0.2) is 0 Å². The summed E-state index contributed by atoms with van der Waals surface area (Å²) < 4.78 is 1.17. The zero-order valence-electron chi connectivity index (χ0n) is 10.9. The van der Waals surface area contributed by atoms with Gasteiger partial charge in [0.15, 0.2) is 0 Å². The first-order valence-electron chi connectivity index (χ1n) is 6.34. The molecule has 0 aliphatic heterocycles. The predicted molar refractivity (Wildman–Crippen MR) is 86.0 cm³/mol. The molecular weight excluding hydrogens is 322 g/mol. The van der Waals surface area contributed by atoms with Gasteiger partial charge in [-0.2, -0.15) is 0 Å². The molecule has 0 saturated carbocycles. The maximum atomic E-state index is 5.93. The second kappa shape index (κ2) is 7.09. The van der Waals surface area contributed by atoms with Crippen LogP contribution in [0.25, 0.3) is 0 Å². The van der Waals surface area contributed by atoms with Gasteiger partial charge < -0.3 is 5.32 Å². The van der Waals surface area contributed by atoms with Crippen LogP contribution in [0.4, 0.5) is 0 Å². The molecule has 0 fully saturated rings.